The van der Waals surface area contributed by atoms with E-state index in [2.05, 4.69) is 11.9 Å². The number of rotatable bonds is 6. The van der Waals surface area contributed by atoms with Gasteiger partial charge in [-0.1, -0.05) is 25.3 Å². The van der Waals surface area contributed by atoms with Crippen LogP contribution in [0, 0.1) is 11.8 Å². The molecule has 2 saturated carbocycles. The summed E-state index contributed by atoms with van der Waals surface area (Å²) in [7, 11) is 1.36. The average molecular weight is 323 g/mol. The van der Waals surface area contributed by atoms with Crippen LogP contribution in [-0.4, -0.2) is 31.3 Å². The van der Waals surface area contributed by atoms with E-state index in [9.17, 15) is 9.59 Å². The van der Waals surface area contributed by atoms with E-state index < -0.39 is 12.1 Å². The fourth-order valence-corrected chi connectivity index (χ4v) is 3.90. The Balaban J connectivity index is 1.91. The summed E-state index contributed by atoms with van der Waals surface area (Å²) < 4.78 is 10.5. The largest absolute Gasteiger partial charge is 0.467 e. The molecule has 0 heterocycles. The minimum absolute atomic E-state index is 0.0716. The lowest BCUT2D eigenvalue weighted by molar-refractivity contribution is -0.145. The Labute approximate surface area is 138 Å². The molecule has 0 aliphatic heterocycles. The Bertz CT molecular complexity index is 417. The van der Waals surface area contributed by atoms with Gasteiger partial charge >= 0.3 is 12.1 Å². The summed E-state index contributed by atoms with van der Waals surface area (Å²) in [5.74, 6) is 0.128. The molecular weight excluding hydrogens is 294 g/mol. The van der Waals surface area contributed by atoms with Gasteiger partial charge < -0.3 is 14.8 Å². The molecule has 1 amide bonds. The quantitative estimate of drug-likeness (QED) is 0.599. The first-order chi connectivity index (χ1) is 11.2. The minimum Gasteiger partial charge on any atom is -0.467 e. The number of allylic oxidation sites excluding steroid dienone is 1. The summed E-state index contributed by atoms with van der Waals surface area (Å²) in [5, 5.41) is 2.77. The third-order valence-electron chi connectivity index (χ3n) is 5.17. The van der Waals surface area contributed by atoms with E-state index in [1.54, 1.807) is 0 Å². The van der Waals surface area contributed by atoms with E-state index in [0.717, 1.165) is 51.4 Å². The summed E-state index contributed by atoms with van der Waals surface area (Å²) in [6.07, 6.45) is 10.5. The second-order valence-electron chi connectivity index (χ2n) is 6.70. The third-order valence-corrected chi connectivity index (χ3v) is 5.17. The normalized spacial score (nSPS) is 26.3. The van der Waals surface area contributed by atoms with Gasteiger partial charge in [0.2, 0.25) is 0 Å². The molecule has 2 aliphatic rings. The standard InChI is InChI=1S/C18H29NO4/c1-3-8-13-11-7-12-15(13)23-18(21)19-16(17(20)22-2)14-9-5-4-6-10-14/h3,13-16H,1,4-12H2,2H3,(H,19,21)/t13-,15-,16+/m1/s1. The molecule has 0 spiro atoms. The highest BCUT2D eigenvalue weighted by Gasteiger charge is 2.34. The van der Waals surface area contributed by atoms with Crippen molar-refractivity contribution in [3.8, 4) is 0 Å². The van der Waals surface area contributed by atoms with Crippen molar-refractivity contribution in [2.75, 3.05) is 7.11 Å². The second kappa shape index (κ2) is 8.94. The number of esters is 1. The van der Waals surface area contributed by atoms with Gasteiger partial charge in [0.05, 0.1) is 7.11 Å². The van der Waals surface area contributed by atoms with Gasteiger partial charge in [0.1, 0.15) is 12.1 Å². The monoisotopic (exact) mass is 323 g/mol. The summed E-state index contributed by atoms with van der Waals surface area (Å²) in [5.41, 5.74) is 0. The molecule has 2 rings (SSSR count). The van der Waals surface area contributed by atoms with Crippen LogP contribution in [0.25, 0.3) is 0 Å². The number of ether oxygens (including phenoxy) is 2. The van der Waals surface area contributed by atoms with Gasteiger partial charge in [0.25, 0.3) is 0 Å². The predicted molar refractivity (Wildman–Crippen MR) is 87.9 cm³/mol. The lowest BCUT2D eigenvalue weighted by Gasteiger charge is -2.29. The van der Waals surface area contributed by atoms with E-state index in [1.165, 1.54) is 13.5 Å². The molecule has 23 heavy (non-hydrogen) atoms. The number of carbonyl (C=O) groups excluding carboxylic acids is 2. The number of nitrogens with one attached hydrogen (secondary N) is 1. The molecular formula is C18H29NO4. The average Bonchev–Trinajstić information content (AvgIpc) is 3.00. The SMILES string of the molecule is C=CC[C@@H]1CCC[C@H]1OC(=O)N[C@H](C(=O)OC)C1CCCCC1. The number of alkyl carbamates (subject to hydrolysis) is 1. The zero-order chi connectivity index (χ0) is 16.7. The maximum absolute atomic E-state index is 12.3. The van der Waals surface area contributed by atoms with E-state index in [4.69, 9.17) is 9.47 Å². The Kier molecular flexibility index (Phi) is 6.93. The maximum atomic E-state index is 12.3. The summed E-state index contributed by atoms with van der Waals surface area (Å²) in [4.78, 5) is 24.3. The fourth-order valence-electron chi connectivity index (χ4n) is 3.90. The van der Waals surface area contributed by atoms with Crippen molar-refractivity contribution in [2.24, 2.45) is 11.8 Å². The smallest absolute Gasteiger partial charge is 0.408 e. The van der Waals surface area contributed by atoms with Gasteiger partial charge in [0.15, 0.2) is 0 Å². The van der Waals surface area contributed by atoms with E-state index in [0.29, 0.717) is 5.92 Å². The van der Waals surface area contributed by atoms with Crippen LogP contribution in [0.1, 0.15) is 57.8 Å². The highest BCUT2D eigenvalue weighted by atomic mass is 16.6. The van der Waals surface area contributed by atoms with Gasteiger partial charge in [-0.3, -0.25) is 0 Å². The molecule has 0 aromatic carbocycles. The Morgan fingerprint density at radius 3 is 2.57 bits per heavy atom. The van der Waals surface area contributed by atoms with Crippen LogP contribution in [0.5, 0.6) is 0 Å². The molecule has 130 valence electrons. The number of hydrogen-bond acceptors (Lipinski definition) is 4. The number of amides is 1. The Morgan fingerprint density at radius 1 is 1.17 bits per heavy atom. The van der Waals surface area contributed by atoms with Crippen molar-refractivity contribution < 1.29 is 19.1 Å². The van der Waals surface area contributed by atoms with E-state index in [1.807, 2.05) is 6.08 Å². The molecule has 0 bridgehead atoms. The third kappa shape index (κ3) is 4.98. The molecule has 0 aromatic heterocycles. The van der Waals surface area contributed by atoms with Crippen molar-refractivity contribution in [1.29, 1.82) is 0 Å². The summed E-state index contributed by atoms with van der Waals surface area (Å²) in [6.45, 7) is 3.76. The zero-order valence-corrected chi connectivity index (χ0v) is 14.1. The van der Waals surface area contributed by atoms with E-state index in [-0.39, 0.29) is 18.0 Å². The van der Waals surface area contributed by atoms with Gasteiger partial charge in [-0.05, 0) is 50.4 Å². The highest BCUT2D eigenvalue weighted by Crippen LogP contribution is 2.31. The van der Waals surface area contributed by atoms with Crippen LogP contribution in [0.15, 0.2) is 12.7 Å². The van der Waals surface area contributed by atoms with Crippen LogP contribution in [0.4, 0.5) is 4.79 Å². The van der Waals surface area contributed by atoms with Gasteiger partial charge in [0, 0.05) is 0 Å². The van der Waals surface area contributed by atoms with Crippen molar-refractivity contribution >= 4 is 12.1 Å². The van der Waals surface area contributed by atoms with Crippen molar-refractivity contribution in [2.45, 2.75) is 69.9 Å². The first-order valence-corrected chi connectivity index (χ1v) is 8.81. The van der Waals surface area contributed by atoms with Gasteiger partial charge in [-0.2, -0.15) is 0 Å². The molecule has 5 heteroatoms. The molecule has 5 nitrogen and oxygen atoms in total. The molecule has 2 fully saturated rings. The number of carbonyl (C=O) groups is 2. The number of methoxy groups -OCH3 is 1. The molecule has 3 atom stereocenters. The van der Waals surface area contributed by atoms with Crippen LogP contribution in [0.3, 0.4) is 0 Å². The van der Waals surface area contributed by atoms with Crippen molar-refractivity contribution in [3.05, 3.63) is 12.7 Å². The summed E-state index contributed by atoms with van der Waals surface area (Å²) in [6, 6.07) is -0.591. The molecule has 0 aromatic rings. The molecule has 0 unspecified atom stereocenters. The van der Waals surface area contributed by atoms with Gasteiger partial charge in [-0.15, -0.1) is 6.58 Å². The molecule has 0 radical (unpaired) electrons. The molecule has 0 saturated heterocycles. The van der Waals surface area contributed by atoms with Crippen LogP contribution in [-0.2, 0) is 14.3 Å². The lowest BCUT2D eigenvalue weighted by Crippen LogP contribution is -2.48. The van der Waals surface area contributed by atoms with Crippen LogP contribution >= 0.6 is 0 Å². The van der Waals surface area contributed by atoms with Crippen molar-refractivity contribution in [3.63, 3.8) is 0 Å². The lowest BCUT2D eigenvalue weighted by atomic mass is 9.84. The fraction of sp³-hybridized carbons (Fsp3) is 0.778. The Morgan fingerprint density at radius 2 is 1.91 bits per heavy atom. The maximum Gasteiger partial charge on any atom is 0.408 e. The Hall–Kier alpha value is -1.52. The van der Waals surface area contributed by atoms with E-state index >= 15 is 0 Å². The number of hydrogen-bond donors (Lipinski definition) is 1. The van der Waals surface area contributed by atoms with Crippen molar-refractivity contribution in [1.82, 2.24) is 5.32 Å². The first-order valence-electron chi connectivity index (χ1n) is 8.81. The highest BCUT2D eigenvalue weighted by molar-refractivity contribution is 5.81. The van der Waals surface area contributed by atoms with Crippen LogP contribution < -0.4 is 5.32 Å². The van der Waals surface area contributed by atoms with Gasteiger partial charge in [-0.25, -0.2) is 9.59 Å². The second-order valence-corrected chi connectivity index (χ2v) is 6.70. The topological polar surface area (TPSA) is 64.6 Å². The summed E-state index contributed by atoms with van der Waals surface area (Å²) >= 11 is 0. The van der Waals surface area contributed by atoms with Crippen LogP contribution in [0.2, 0.25) is 0 Å². The minimum atomic E-state index is -0.591. The molecule has 2 aliphatic carbocycles. The molecule has 1 N–H and O–H groups in total. The predicted octanol–water partition coefficient (Wildman–Crippen LogP) is 3.58. The zero-order valence-electron chi connectivity index (χ0n) is 14.1. The first kappa shape index (κ1) is 17.8.